The van der Waals surface area contributed by atoms with E-state index < -0.39 is 24.4 Å². The van der Waals surface area contributed by atoms with Crippen LogP contribution in [0.4, 0.5) is 13.2 Å². The van der Waals surface area contributed by atoms with E-state index >= 15 is 0 Å². The van der Waals surface area contributed by atoms with Gasteiger partial charge in [0.25, 0.3) is 0 Å². The Hall–Kier alpha value is -2.95. The van der Waals surface area contributed by atoms with Gasteiger partial charge in [0.2, 0.25) is 0 Å². The number of alkyl halides is 3. The number of rotatable bonds is 8. The number of hydrogen-bond acceptors (Lipinski definition) is 7. The molecular formula is C24H26ClF3N4O3. The molecule has 0 saturated heterocycles. The van der Waals surface area contributed by atoms with Crippen molar-refractivity contribution < 1.29 is 28.1 Å². The predicted octanol–water partition coefficient (Wildman–Crippen LogP) is 3.94. The first kappa shape index (κ1) is 25.2. The molecule has 2 aliphatic rings. The first-order chi connectivity index (χ1) is 16.6. The van der Waals surface area contributed by atoms with Crippen LogP contribution < -0.4 is 4.74 Å². The van der Waals surface area contributed by atoms with Crippen LogP contribution in [0, 0.1) is 0 Å². The van der Waals surface area contributed by atoms with E-state index in [-0.39, 0.29) is 12.2 Å². The third-order valence-corrected chi connectivity index (χ3v) is 6.01. The summed E-state index contributed by atoms with van der Waals surface area (Å²) in [5.74, 6) is 0.263. The molecule has 11 heteroatoms. The molecule has 0 radical (unpaired) electrons. The molecule has 2 unspecified atom stereocenters. The van der Waals surface area contributed by atoms with Gasteiger partial charge in [-0.25, -0.2) is 4.99 Å². The lowest BCUT2D eigenvalue weighted by Gasteiger charge is -2.37. The van der Waals surface area contributed by atoms with Crippen LogP contribution in [0.5, 0.6) is 5.75 Å². The number of benzene rings is 2. The van der Waals surface area contributed by atoms with E-state index in [0.717, 1.165) is 11.3 Å². The second-order valence-electron chi connectivity index (χ2n) is 8.43. The number of aliphatic hydroxyl groups excluding tert-OH is 2. The molecule has 0 spiro atoms. The molecule has 2 atom stereocenters. The zero-order valence-corrected chi connectivity index (χ0v) is 19.7. The van der Waals surface area contributed by atoms with Crippen molar-refractivity contribution in [3.63, 3.8) is 0 Å². The highest BCUT2D eigenvalue weighted by molar-refractivity contribution is 6.30. The van der Waals surface area contributed by atoms with Crippen molar-refractivity contribution in [1.82, 2.24) is 14.7 Å². The molecule has 0 amide bonds. The SMILES string of the molecule is CN1CN(CCCO)C=C2C1=NC(C(O)c1cccc(OC(F)(F)F)c1)N2Cc1ccc(Cl)cc1. The summed E-state index contributed by atoms with van der Waals surface area (Å²) in [6.45, 7) is 1.64. The van der Waals surface area contributed by atoms with Crippen molar-refractivity contribution in [1.29, 1.82) is 0 Å². The highest BCUT2D eigenvalue weighted by atomic mass is 35.5. The quantitative estimate of drug-likeness (QED) is 0.560. The molecule has 0 fully saturated rings. The summed E-state index contributed by atoms with van der Waals surface area (Å²) in [5, 5.41) is 21.1. The molecule has 2 aromatic rings. The Morgan fingerprint density at radius 1 is 1.20 bits per heavy atom. The third kappa shape index (κ3) is 6.01. The summed E-state index contributed by atoms with van der Waals surface area (Å²) in [7, 11) is 1.88. The Kier molecular flexibility index (Phi) is 7.44. The van der Waals surface area contributed by atoms with Gasteiger partial charge in [-0.05, 0) is 41.8 Å². The fraction of sp³-hybridized carbons (Fsp3) is 0.375. The molecule has 188 valence electrons. The lowest BCUT2D eigenvalue weighted by Crippen LogP contribution is -2.44. The summed E-state index contributed by atoms with van der Waals surface area (Å²) in [6.07, 6.45) is -4.30. The van der Waals surface area contributed by atoms with E-state index in [2.05, 4.69) is 4.74 Å². The number of halogens is 4. The fourth-order valence-electron chi connectivity index (χ4n) is 4.19. The van der Waals surface area contributed by atoms with Crippen LogP contribution in [0.3, 0.4) is 0 Å². The van der Waals surface area contributed by atoms with Gasteiger partial charge in [-0.15, -0.1) is 13.2 Å². The monoisotopic (exact) mass is 510 g/mol. The van der Waals surface area contributed by atoms with E-state index in [1.807, 2.05) is 40.1 Å². The minimum Gasteiger partial charge on any atom is -0.406 e. The van der Waals surface area contributed by atoms with Gasteiger partial charge in [0.15, 0.2) is 12.0 Å². The number of aliphatic imine (C=N–C) groups is 1. The van der Waals surface area contributed by atoms with Gasteiger partial charge in [-0.3, -0.25) is 0 Å². The van der Waals surface area contributed by atoms with Crippen LogP contribution in [0.1, 0.15) is 23.7 Å². The van der Waals surface area contributed by atoms with Crippen molar-refractivity contribution in [2.24, 2.45) is 4.99 Å². The topological polar surface area (TPSA) is 71.8 Å². The maximum Gasteiger partial charge on any atom is 0.573 e. The highest BCUT2D eigenvalue weighted by Gasteiger charge is 2.40. The lowest BCUT2D eigenvalue weighted by molar-refractivity contribution is -0.274. The van der Waals surface area contributed by atoms with Crippen molar-refractivity contribution in [3.05, 3.63) is 76.6 Å². The van der Waals surface area contributed by atoms with Crippen molar-refractivity contribution in [3.8, 4) is 5.75 Å². The zero-order chi connectivity index (χ0) is 25.2. The van der Waals surface area contributed by atoms with Crippen molar-refractivity contribution >= 4 is 17.4 Å². The normalized spacial score (nSPS) is 18.8. The number of aliphatic hydroxyl groups is 2. The molecule has 0 bridgehead atoms. The Bertz CT molecular complexity index is 1090. The standard InChI is InChI=1S/C24H26ClF3N4O3/c1-30-15-31(10-3-11-33)14-20-22(30)29-23(32(20)13-16-6-8-18(25)9-7-16)21(34)17-4-2-5-19(12-17)35-24(26,27)28/h2,4-9,12,14,21,23,33-34H,3,10-11,13,15H2,1H3. The summed E-state index contributed by atoms with van der Waals surface area (Å²) < 4.78 is 42.2. The number of amidine groups is 1. The van der Waals surface area contributed by atoms with Crippen LogP contribution in [0.25, 0.3) is 0 Å². The van der Waals surface area contributed by atoms with E-state index in [1.165, 1.54) is 18.2 Å². The average Bonchev–Trinajstić information content (AvgIpc) is 3.16. The minimum atomic E-state index is -4.84. The highest BCUT2D eigenvalue weighted by Crippen LogP contribution is 2.36. The fourth-order valence-corrected chi connectivity index (χ4v) is 4.32. The number of ether oxygens (including phenoxy) is 1. The molecular weight excluding hydrogens is 485 g/mol. The Morgan fingerprint density at radius 2 is 1.94 bits per heavy atom. The Morgan fingerprint density at radius 3 is 2.63 bits per heavy atom. The average molecular weight is 511 g/mol. The smallest absolute Gasteiger partial charge is 0.406 e. The predicted molar refractivity (Wildman–Crippen MR) is 125 cm³/mol. The van der Waals surface area contributed by atoms with E-state index in [0.29, 0.717) is 37.0 Å². The van der Waals surface area contributed by atoms with Crippen molar-refractivity contribution in [2.75, 3.05) is 26.9 Å². The minimum absolute atomic E-state index is 0.0660. The molecule has 35 heavy (non-hydrogen) atoms. The van der Waals surface area contributed by atoms with Gasteiger partial charge in [0.1, 0.15) is 11.9 Å². The number of hydrogen-bond donors (Lipinski definition) is 2. The summed E-state index contributed by atoms with van der Waals surface area (Å²) in [4.78, 5) is 10.7. The number of nitrogens with zero attached hydrogens (tertiary/aromatic N) is 4. The summed E-state index contributed by atoms with van der Waals surface area (Å²) in [5.41, 5.74) is 1.95. The van der Waals surface area contributed by atoms with E-state index in [4.69, 9.17) is 16.6 Å². The third-order valence-electron chi connectivity index (χ3n) is 5.76. The first-order valence-corrected chi connectivity index (χ1v) is 11.4. The van der Waals surface area contributed by atoms with Crippen LogP contribution in [-0.4, -0.2) is 70.1 Å². The Labute approximate surface area is 206 Å². The van der Waals surface area contributed by atoms with Crippen LogP contribution in [0.15, 0.2) is 65.4 Å². The molecule has 7 nitrogen and oxygen atoms in total. The molecule has 2 heterocycles. The molecule has 2 N–H and O–H groups in total. The van der Waals surface area contributed by atoms with Gasteiger partial charge in [0, 0.05) is 38.0 Å². The van der Waals surface area contributed by atoms with Gasteiger partial charge >= 0.3 is 6.36 Å². The Balaban J connectivity index is 1.67. The lowest BCUT2D eigenvalue weighted by atomic mass is 10.1. The maximum absolute atomic E-state index is 12.7. The van der Waals surface area contributed by atoms with Crippen LogP contribution >= 0.6 is 11.6 Å². The zero-order valence-electron chi connectivity index (χ0n) is 19.0. The van der Waals surface area contributed by atoms with Gasteiger partial charge in [-0.2, -0.15) is 0 Å². The van der Waals surface area contributed by atoms with E-state index in [9.17, 15) is 23.4 Å². The van der Waals surface area contributed by atoms with Crippen LogP contribution in [0.2, 0.25) is 5.02 Å². The second kappa shape index (κ2) is 10.3. The van der Waals surface area contributed by atoms with Gasteiger partial charge in [-0.1, -0.05) is 35.9 Å². The molecule has 0 aromatic heterocycles. The molecule has 2 aliphatic heterocycles. The van der Waals surface area contributed by atoms with Crippen LogP contribution in [-0.2, 0) is 6.54 Å². The summed E-state index contributed by atoms with van der Waals surface area (Å²) in [6, 6.07) is 12.6. The van der Waals surface area contributed by atoms with Gasteiger partial charge < -0.3 is 29.6 Å². The second-order valence-corrected chi connectivity index (χ2v) is 8.87. The number of fused-ring (bicyclic) bond motifs is 1. The first-order valence-electron chi connectivity index (χ1n) is 11.1. The molecule has 0 saturated carbocycles. The number of likely N-dealkylation sites (N-methyl/N-ethyl adjacent to an activating group) is 1. The largest absolute Gasteiger partial charge is 0.573 e. The van der Waals surface area contributed by atoms with E-state index in [1.54, 1.807) is 18.2 Å². The molecule has 2 aromatic carbocycles. The van der Waals surface area contributed by atoms with Crippen molar-refractivity contribution in [2.45, 2.75) is 31.6 Å². The van der Waals surface area contributed by atoms with Gasteiger partial charge in [0.05, 0.1) is 12.4 Å². The maximum atomic E-state index is 12.7. The summed E-state index contributed by atoms with van der Waals surface area (Å²) >= 11 is 6.03. The molecule has 4 rings (SSSR count). The molecule has 0 aliphatic carbocycles.